The minimum absolute atomic E-state index is 0.0333. The Labute approximate surface area is 76.6 Å². The summed E-state index contributed by atoms with van der Waals surface area (Å²) >= 11 is 0. The van der Waals surface area contributed by atoms with Crippen LogP contribution in [0, 0.1) is 0 Å². The van der Waals surface area contributed by atoms with Gasteiger partial charge < -0.3 is 14.9 Å². The van der Waals surface area contributed by atoms with E-state index >= 15 is 0 Å². The maximum atomic E-state index is 9.44. The van der Waals surface area contributed by atoms with E-state index in [1.807, 2.05) is 6.92 Å². The fourth-order valence-electron chi connectivity index (χ4n) is 1.62. The quantitative estimate of drug-likeness (QED) is 0.693. The molecule has 70 valence electrons. The Morgan fingerprint density at radius 2 is 2.23 bits per heavy atom. The Morgan fingerprint density at radius 1 is 1.46 bits per heavy atom. The highest BCUT2D eigenvalue weighted by atomic mass is 16.5. The second kappa shape index (κ2) is 2.83. The van der Waals surface area contributed by atoms with Crippen LogP contribution in [-0.4, -0.2) is 16.3 Å². The Kier molecular flexibility index (Phi) is 1.79. The van der Waals surface area contributed by atoms with Crippen molar-refractivity contribution in [2.45, 2.75) is 25.9 Å². The van der Waals surface area contributed by atoms with Gasteiger partial charge in [-0.3, -0.25) is 0 Å². The lowest BCUT2D eigenvalue weighted by Crippen LogP contribution is -2.10. The van der Waals surface area contributed by atoms with Gasteiger partial charge in [-0.25, -0.2) is 0 Å². The number of rotatable bonds is 1. The molecule has 0 amide bonds. The summed E-state index contributed by atoms with van der Waals surface area (Å²) in [6.45, 7) is 2.04. The first-order chi connectivity index (χ1) is 6.20. The van der Waals surface area contributed by atoms with Gasteiger partial charge in [0.05, 0.1) is 0 Å². The molecule has 3 heteroatoms. The number of phenolic OH excluding ortho intramolecular Hbond substituents is 2. The summed E-state index contributed by atoms with van der Waals surface area (Å²) in [5.74, 6) is 0.659. The molecular weight excluding hydrogens is 168 g/mol. The largest absolute Gasteiger partial charge is 0.508 e. The third-order valence-corrected chi connectivity index (χ3v) is 2.32. The number of aromatic hydroxyl groups is 2. The predicted octanol–water partition coefficient (Wildman–Crippen LogP) is 1.81. The van der Waals surface area contributed by atoms with Crippen molar-refractivity contribution >= 4 is 0 Å². The van der Waals surface area contributed by atoms with E-state index in [2.05, 4.69) is 0 Å². The van der Waals surface area contributed by atoms with Crippen molar-refractivity contribution in [1.29, 1.82) is 0 Å². The van der Waals surface area contributed by atoms with Gasteiger partial charge in [0.15, 0.2) is 11.5 Å². The number of hydrogen-bond donors (Lipinski definition) is 2. The molecule has 0 saturated carbocycles. The molecular formula is C10H12O3. The van der Waals surface area contributed by atoms with Gasteiger partial charge in [0.2, 0.25) is 0 Å². The lowest BCUT2D eigenvalue weighted by Gasteiger charge is -2.06. The normalized spacial score (nSPS) is 19.6. The molecule has 0 spiro atoms. The highest BCUT2D eigenvalue weighted by Gasteiger charge is 2.24. The molecule has 3 nitrogen and oxygen atoms in total. The van der Waals surface area contributed by atoms with Crippen molar-refractivity contribution in [1.82, 2.24) is 0 Å². The first kappa shape index (κ1) is 8.23. The van der Waals surface area contributed by atoms with Crippen LogP contribution in [0.4, 0.5) is 0 Å². The van der Waals surface area contributed by atoms with Gasteiger partial charge >= 0.3 is 0 Å². The summed E-state index contributed by atoms with van der Waals surface area (Å²) in [4.78, 5) is 0. The zero-order valence-corrected chi connectivity index (χ0v) is 7.45. The highest BCUT2D eigenvalue weighted by Crippen LogP contribution is 2.40. The molecule has 0 aliphatic carbocycles. The molecule has 1 unspecified atom stereocenters. The van der Waals surface area contributed by atoms with Crippen molar-refractivity contribution in [2.24, 2.45) is 0 Å². The van der Waals surface area contributed by atoms with Gasteiger partial charge in [-0.05, 0) is 12.5 Å². The zero-order chi connectivity index (χ0) is 9.42. The monoisotopic (exact) mass is 180 g/mol. The molecule has 0 radical (unpaired) electrons. The van der Waals surface area contributed by atoms with Crippen LogP contribution in [0.2, 0.25) is 0 Å². The van der Waals surface area contributed by atoms with E-state index in [1.54, 1.807) is 6.07 Å². The maximum absolute atomic E-state index is 9.44. The van der Waals surface area contributed by atoms with Crippen molar-refractivity contribution in [3.05, 3.63) is 17.7 Å². The topological polar surface area (TPSA) is 49.7 Å². The SMILES string of the molecule is CCC1Cc2cc(O)cc(O)c2O1. The van der Waals surface area contributed by atoms with Gasteiger partial charge in [-0.1, -0.05) is 6.92 Å². The minimum atomic E-state index is 0.0333. The average molecular weight is 180 g/mol. The summed E-state index contributed by atoms with van der Waals surface area (Å²) in [6.07, 6.45) is 1.82. The van der Waals surface area contributed by atoms with Gasteiger partial charge in [-0.2, -0.15) is 0 Å². The second-order valence-corrected chi connectivity index (χ2v) is 3.31. The van der Waals surface area contributed by atoms with E-state index < -0.39 is 0 Å². The summed E-state index contributed by atoms with van der Waals surface area (Å²) in [6, 6.07) is 2.95. The average Bonchev–Trinajstić information content (AvgIpc) is 2.47. The molecule has 0 fully saturated rings. The highest BCUT2D eigenvalue weighted by molar-refractivity contribution is 5.52. The van der Waals surface area contributed by atoms with Crippen molar-refractivity contribution in [2.75, 3.05) is 0 Å². The molecule has 0 saturated heterocycles. The number of hydrogen-bond acceptors (Lipinski definition) is 3. The Balaban J connectivity index is 2.40. The van der Waals surface area contributed by atoms with Gasteiger partial charge in [0.1, 0.15) is 11.9 Å². The number of phenols is 2. The van der Waals surface area contributed by atoms with Crippen LogP contribution in [0.3, 0.4) is 0 Å². The Hall–Kier alpha value is -1.38. The third kappa shape index (κ3) is 1.30. The summed E-state index contributed by atoms with van der Waals surface area (Å²) in [5.41, 5.74) is 0.893. The number of ether oxygens (including phenoxy) is 1. The molecule has 0 bridgehead atoms. The van der Waals surface area contributed by atoms with Gasteiger partial charge in [0.25, 0.3) is 0 Å². The fraction of sp³-hybridized carbons (Fsp3) is 0.400. The third-order valence-electron chi connectivity index (χ3n) is 2.32. The van der Waals surface area contributed by atoms with Crippen LogP contribution in [0.25, 0.3) is 0 Å². The molecule has 0 aromatic heterocycles. The van der Waals surface area contributed by atoms with E-state index in [4.69, 9.17) is 4.74 Å². The lowest BCUT2D eigenvalue weighted by atomic mass is 10.1. The van der Waals surface area contributed by atoms with E-state index in [0.29, 0.717) is 5.75 Å². The molecule has 1 aliphatic heterocycles. The zero-order valence-electron chi connectivity index (χ0n) is 7.45. The van der Waals surface area contributed by atoms with Crippen molar-refractivity contribution < 1.29 is 14.9 Å². The first-order valence-corrected chi connectivity index (χ1v) is 4.42. The molecule has 13 heavy (non-hydrogen) atoms. The maximum Gasteiger partial charge on any atom is 0.164 e. The van der Waals surface area contributed by atoms with E-state index in [1.165, 1.54) is 6.07 Å². The summed E-state index contributed by atoms with van der Waals surface area (Å²) in [7, 11) is 0. The molecule has 1 aromatic carbocycles. The standard InChI is InChI=1S/C10H12O3/c1-2-8-4-6-3-7(11)5-9(12)10(6)13-8/h3,5,8,11-12H,2,4H2,1H3. The van der Waals surface area contributed by atoms with Crippen LogP contribution >= 0.6 is 0 Å². The fourth-order valence-corrected chi connectivity index (χ4v) is 1.62. The number of fused-ring (bicyclic) bond motifs is 1. The first-order valence-electron chi connectivity index (χ1n) is 4.42. The van der Waals surface area contributed by atoms with Gasteiger partial charge in [-0.15, -0.1) is 0 Å². The van der Waals surface area contributed by atoms with E-state index in [-0.39, 0.29) is 17.6 Å². The summed E-state index contributed by atoms with van der Waals surface area (Å²) in [5, 5.41) is 18.7. The smallest absolute Gasteiger partial charge is 0.164 e. The van der Waals surface area contributed by atoms with E-state index in [0.717, 1.165) is 18.4 Å². The van der Waals surface area contributed by atoms with Crippen LogP contribution in [0.15, 0.2) is 12.1 Å². The molecule has 1 aliphatic rings. The minimum Gasteiger partial charge on any atom is -0.508 e. The van der Waals surface area contributed by atoms with E-state index in [9.17, 15) is 10.2 Å². The van der Waals surface area contributed by atoms with Crippen molar-refractivity contribution in [3.8, 4) is 17.2 Å². The van der Waals surface area contributed by atoms with Gasteiger partial charge in [0, 0.05) is 18.1 Å². The Bertz CT molecular complexity index is 333. The van der Waals surface area contributed by atoms with Crippen LogP contribution in [0.5, 0.6) is 17.2 Å². The molecule has 1 aromatic rings. The lowest BCUT2D eigenvalue weighted by molar-refractivity contribution is 0.220. The van der Waals surface area contributed by atoms with Crippen LogP contribution in [0.1, 0.15) is 18.9 Å². The van der Waals surface area contributed by atoms with Crippen LogP contribution in [-0.2, 0) is 6.42 Å². The Morgan fingerprint density at radius 3 is 2.92 bits per heavy atom. The number of benzene rings is 1. The summed E-state index contributed by atoms with van der Waals surface area (Å²) < 4.78 is 5.48. The molecule has 2 rings (SSSR count). The molecule has 2 N–H and O–H groups in total. The van der Waals surface area contributed by atoms with Crippen molar-refractivity contribution in [3.63, 3.8) is 0 Å². The predicted molar refractivity (Wildman–Crippen MR) is 48.2 cm³/mol. The molecule has 1 atom stereocenters. The van der Waals surface area contributed by atoms with Crippen LogP contribution < -0.4 is 4.74 Å². The second-order valence-electron chi connectivity index (χ2n) is 3.31. The molecule has 1 heterocycles.